The van der Waals surface area contributed by atoms with Crippen LogP contribution in [-0.4, -0.2) is 5.54 Å². The van der Waals surface area contributed by atoms with Gasteiger partial charge in [-0.2, -0.15) is 0 Å². The Hall–Kier alpha value is -0.950. The maximum absolute atomic E-state index is 8.20. The number of allylic oxidation sites excluding steroid dienone is 1. The minimum Gasteiger partial charge on any atom is -0.100 e. The molecule has 0 heterocycles. The number of hydrogen-bond acceptors (Lipinski definition) is 1. The van der Waals surface area contributed by atoms with Crippen molar-refractivity contribution in [3.8, 4) is 0 Å². The first kappa shape index (κ1) is 10.0. The molecule has 0 aliphatic heterocycles. The SMILES string of the molecule is C=C(C)CCC(C)(C)N=[N+]=[N-]. The van der Waals surface area contributed by atoms with Crippen molar-refractivity contribution >= 4 is 0 Å². The van der Waals surface area contributed by atoms with E-state index in [0.29, 0.717) is 0 Å². The van der Waals surface area contributed by atoms with Crippen LogP contribution in [0.1, 0.15) is 33.6 Å². The molecule has 0 N–H and O–H groups in total. The van der Waals surface area contributed by atoms with Gasteiger partial charge in [0.25, 0.3) is 0 Å². The van der Waals surface area contributed by atoms with E-state index in [1.54, 1.807) is 0 Å². The van der Waals surface area contributed by atoms with E-state index in [2.05, 4.69) is 16.6 Å². The van der Waals surface area contributed by atoms with E-state index in [9.17, 15) is 0 Å². The second kappa shape index (κ2) is 4.04. The van der Waals surface area contributed by atoms with Gasteiger partial charge in [0.05, 0.1) is 0 Å². The normalized spacial score (nSPS) is 10.5. The molecule has 3 heteroatoms. The highest BCUT2D eigenvalue weighted by Gasteiger charge is 2.14. The van der Waals surface area contributed by atoms with Crippen LogP contribution in [0.4, 0.5) is 0 Å². The van der Waals surface area contributed by atoms with E-state index in [1.807, 2.05) is 20.8 Å². The molecule has 62 valence electrons. The van der Waals surface area contributed by atoms with E-state index in [-0.39, 0.29) is 5.54 Å². The molecule has 0 spiro atoms. The number of nitrogens with zero attached hydrogens (tertiary/aromatic N) is 3. The zero-order valence-corrected chi connectivity index (χ0v) is 7.46. The maximum atomic E-state index is 8.20. The Labute approximate surface area is 67.7 Å². The molecule has 3 nitrogen and oxygen atoms in total. The zero-order valence-electron chi connectivity index (χ0n) is 7.46. The van der Waals surface area contributed by atoms with Crippen molar-refractivity contribution in [1.82, 2.24) is 0 Å². The molecule has 0 aromatic heterocycles. The summed E-state index contributed by atoms with van der Waals surface area (Å²) in [6.07, 6.45) is 1.79. The molecule has 0 radical (unpaired) electrons. The first-order valence-corrected chi connectivity index (χ1v) is 3.68. The van der Waals surface area contributed by atoms with Gasteiger partial charge in [0.15, 0.2) is 0 Å². The van der Waals surface area contributed by atoms with Crippen LogP contribution in [0.15, 0.2) is 17.3 Å². The van der Waals surface area contributed by atoms with Gasteiger partial charge in [-0.25, -0.2) is 0 Å². The van der Waals surface area contributed by atoms with E-state index >= 15 is 0 Å². The summed E-state index contributed by atoms with van der Waals surface area (Å²) in [4.78, 5) is 2.78. The zero-order chi connectivity index (χ0) is 8.91. The smallest absolute Gasteiger partial charge is 0.0435 e. The van der Waals surface area contributed by atoms with Crippen molar-refractivity contribution in [3.63, 3.8) is 0 Å². The van der Waals surface area contributed by atoms with Crippen LogP contribution >= 0.6 is 0 Å². The van der Waals surface area contributed by atoms with Crippen LogP contribution in [-0.2, 0) is 0 Å². The highest BCUT2D eigenvalue weighted by atomic mass is 15.2. The molecule has 0 aromatic carbocycles. The van der Waals surface area contributed by atoms with Gasteiger partial charge in [0.1, 0.15) is 0 Å². The Kier molecular flexibility index (Phi) is 3.69. The lowest BCUT2D eigenvalue weighted by atomic mass is 9.97. The maximum Gasteiger partial charge on any atom is 0.0435 e. The second-order valence-corrected chi connectivity index (χ2v) is 3.46. The lowest BCUT2D eigenvalue weighted by Gasteiger charge is -2.16. The summed E-state index contributed by atoms with van der Waals surface area (Å²) < 4.78 is 0. The number of rotatable bonds is 4. The molecule has 0 amide bonds. The van der Waals surface area contributed by atoms with E-state index in [4.69, 9.17) is 5.53 Å². The van der Waals surface area contributed by atoms with E-state index in [0.717, 1.165) is 18.4 Å². The molecular weight excluding hydrogens is 138 g/mol. The quantitative estimate of drug-likeness (QED) is 0.257. The highest BCUT2D eigenvalue weighted by molar-refractivity contribution is 4.91. The molecular formula is C8H15N3. The van der Waals surface area contributed by atoms with Gasteiger partial charge in [-0.3, -0.25) is 0 Å². The third-order valence-electron chi connectivity index (χ3n) is 1.48. The predicted octanol–water partition coefficient (Wildman–Crippen LogP) is 3.43. The lowest BCUT2D eigenvalue weighted by molar-refractivity contribution is 0.474. The summed E-state index contributed by atoms with van der Waals surface area (Å²) in [7, 11) is 0. The molecule has 11 heavy (non-hydrogen) atoms. The lowest BCUT2D eigenvalue weighted by Crippen LogP contribution is -2.14. The molecule has 0 saturated heterocycles. The molecule has 0 atom stereocenters. The van der Waals surface area contributed by atoms with Crippen LogP contribution < -0.4 is 0 Å². The largest absolute Gasteiger partial charge is 0.100 e. The van der Waals surface area contributed by atoms with Crippen LogP contribution in [0.5, 0.6) is 0 Å². The van der Waals surface area contributed by atoms with Gasteiger partial charge < -0.3 is 0 Å². The summed E-state index contributed by atoms with van der Waals surface area (Å²) in [6, 6.07) is 0. The van der Waals surface area contributed by atoms with Crippen LogP contribution in [0.3, 0.4) is 0 Å². The van der Waals surface area contributed by atoms with Gasteiger partial charge in [0, 0.05) is 10.5 Å². The summed E-state index contributed by atoms with van der Waals surface area (Å²) in [5, 5.41) is 3.67. The molecule has 0 aliphatic carbocycles. The third-order valence-corrected chi connectivity index (χ3v) is 1.48. The van der Waals surface area contributed by atoms with Crippen molar-refractivity contribution in [2.24, 2.45) is 5.11 Å². The fraction of sp³-hybridized carbons (Fsp3) is 0.750. The highest BCUT2D eigenvalue weighted by Crippen LogP contribution is 2.18. The van der Waals surface area contributed by atoms with Crippen LogP contribution in [0, 0.1) is 0 Å². The minimum absolute atomic E-state index is 0.270. The Balaban J connectivity index is 3.91. The van der Waals surface area contributed by atoms with E-state index in [1.165, 1.54) is 0 Å². The summed E-state index contributed by atoms with van der Waals surface area (Å²) in [5.74, 6) is 0. The predicted molar refractivity (Wildman–Crippen MR) is 47.3 cm³/mol. The van der Waals surface area contributed by atoms with Crippen molar-refractivity contribution in [1.29, 1.82) is 0 Å². The minimum atomic E-state index is -0.270. The van der Waals surface area contributed by atoms with Crippen LogP contribution in [0.2, 0.25) is 0 Å². The van der Waals surface area contributed by atoms with E-state index < -0.39 is 0 Å². The fourth-order valence-electron chi connectivity index (χ4n) is 0.690. The average Bonchev–Trinajstić information content (AvgIpc) is 1.84. The fourth-order valence-corrected chi connectivity index (χ4v) is 0.690. The van der Waals surface area contributed by atoms with Crippen molar-refractivity contribution < 1.29 is 0 Å². The first-order valence-electron chi connectivity index (χ1n) is 3.68. The molecule has 0 rings (SSSR count). The molecule has 0 bridgehead atoms. The van der Waals surface area contributed by atoms with Crippen molar-refractivity contribution in [2.45, 2.75) is 39.2 Å². The van der Waals surface area contributed by atoms with Gasteiger partial charge in [-0.15, -0.1) is 6.58 Å². The molecule has 0 aliphatic rings. The summed E-state index contributed by atoms with van der Waals surface area (Å²) in [5.41, 5.74) is 9.06. The monoisotopic (exact) mass is 153 g/mol. The molecule has 0 saturated carbocycles. The standard InChI is InChI=1S/C8H15N3/c1-7(2)5-6-8(3,4)10-11-9/h1,5-6H2,2-4H3. The molecule has 0 unspecified atom stereocenters. The number of hydrogen-bond donors (Lipinski definition) is 0. The summed E-state index contributed by atoms with van der Waals surface area (Å²) in [6.45, 7) is 9.61. The Morgan fingerprint density at radius 3 is 2.55 bits per heavy atom. The topological polar surface area (TPSA) is 48.8 Å². The van der Waals surface area contributed by atoms with Crippen molar-refractivity contribution in [2.75, 3.05) is 0 Å². The van der Waals surface area contributed by atoms with Gasteiger partial charge in [0.2, 0.25) is 0 Å². The molecule has 0 fully saturated rings. The van der Waals surface area contributed by atoms with Gasteiger partial charge in [-0.1, -0.05) is 24.5 Å². The summed E-state index contributed by atoms with van der Waals surface area (Å²) >= 11 is 0. The molecule has 0 aromatic rings. The van der Waals surface area contributed by atoms with Gasteiger partial charge >= 0.3 is 0 Å². The number of azide groups is 1. The van der Waals surface area contributed by atoms with Crippen molar-refractivity contribution in [3.05, 3.63) is 22.6 Å². The van der Waals surface area contributed by atoms with Crippen LogP contribution in [0.25, 0.3) is 10.4 Å². The Bertz CT molecular complexity index is 188. The Morgan fingerprint density at radius 1 is 1.64 bits per heavy atom. The Morgan fingerprint density at radius 2 is 2.18 bits per heavy atom. The average molecular weight is 153 g/mol. The van der Waals surface area contributed by atoms with Gasteiger partial charge in [-0.05, 0) is 25.3 Å². The first-order chi connectivity index (χ1) is 4.98. The third kappa shape index (κ3) is 5.49. The second-order valence-electron chi connectivity index (χ2n) is 3.46.